The largest absolute Gasteiger partial charge is 0.361 e. The van der Waals surface area contributed by atoms with Gasteiger partial charge in [0, 0.05) is 29.9 Å². The van der Waals surface area contributed by atoms with Crippen molar-refractivity contribution in [3.05, 3.63) is 36.0 Å². The fourth-order valence-corrected chi connectivity index (χ4v) is 2.61. The molecule has 3 rings (SSSR count). The summed E-state index contributed by atoms with van der Waals surface area (Å²) in [5, 5.41) is 7.57. The van der Waals surface area contributed by atoms with Crippen LogP contribution in [0, 0.1) is 0 Å². The summed E-state index contributed by atoms with van der Waals surface area (Å²) in [5.41, 5.74) is 1.72. The zero-order valence-corrected chi connectivity index (χ0v) is 10.9. The van der Waals surface area contributed by atoms with E-state index in [0.29, 0.717) is 18.2 Å². The van der Waals surface area contributed by atoms with E-state index in [1.807, 2.05) is 30.5 Å². The topological polar surface area (TPSA) is 56.9 Å². The molecule has 1 aromatic carbocycles. The van der Waals surface area contributed by atoms with E-state index in [-0.39, 0.29) is 5.91 Å². The highest BCUT2D eigenvalue weighted by atomic mass is 16.1. The van der Waals surface area contributed by atoms with Crippen LogP contribution < -0.4 is 10.6 Å². The monoisotopic (exact) mass is 257 g/mol. The molecule has 0 radical (unpaired) electrons. The summed E-state index contributed by atoms with van der Waals surface area (Å²) >= 11 is 0. The fourth-order valence-electron chi connectivity index (χ4n) is 2.61. The molecule has 1 aliphatic rings. The first-order valence-electron chi connectivity index (χ1n) is 6.92. The van der Waals surface area contributed by atoms with Crippen LogP contribution in [0.25, 0.3) is 10.9 Å². The van der Waals surface area contributed by atoms with E-state index >= 15 is 0 Å². The molecule has 1 amide bonds. The zero-order valence-electron chi connectivity index (χ0n) is 10.9. The minimum Gasteiger partial charge on any atom is -0.361 e. The first-order chi connectivity index (χ1) is 9.33. The molecule has 1 aromatic heterocycles. The van der Waals surface area contributed by atoms with Gasteiger partial charge in [-0.1, -0.05) is 12.5 Å². The minimum absolute atomic E-state index is 0.00359. The number of benzene rings is 1. The average molecular weight is 257 g/mol. The van der Waals surface area contributed by atoms with E-state index in [9.17, 15) is 4.79 Å². The molecular formula is C15H19N3O. The molecule has 1 unspecified atom stereocenters. The van der Waals surface area contributed by atoms with Gasteiger partial charge in [-0.2, -0.15) is 0 Å². The molecule has 1 atom stereocenters. The maximum absolute atomic E-state index is 12.1. The van der Waals surface area contributed by atoms with Gasteiger partial charge < -0.3 is 15.6 Å². The highest BCUT2D eigenvalue weighted by molar-refractivity contribution is 5.97. The van der Waals surface area contributed by atoms with Gasteiger partial charge in [0.1, 0.15) is 0 Å². The molecule has 4 nitrogen and oxygen atoms in total. The normalized spacial score (nSPS) is 19.5. The van der Waals surface area contributed by atoms with Crippen LogP contribution in [0.15, 0.2) is 30.5 Å². The maximum Gasteiger partial charge on any atom is 0.251 e. The Balaban J connectivity index is 1.62. The van der Waals surface area contributed by atoms with Gasteiger partial charge in [-0.15, -0.1) is 0 Å². The fraction of sp³-hybridized carbons (Fsp3) is 0.400. The number of H-pyrrole nitrogens is 1. The molecule has 0 spiro atoms. The summed E-state index contributed by atoms with van der Waals surface area (Å²) in [4.78, 5) is 15.2. The number of piperidine rings is 1. The summed E-state index contributed by atoms with van der Waals surface area (Å²) in [6.45, 7) is 1.77. The lowest BCUT2D eigenvalue weighted by molar-refractivity contribution is 0.0948. The summed E-state index contributed by atoms with van der Waals surface area (Å²) in [5.74, 6) is 0.00359. The van der Waals surface area contributed by atoms with Crippen molar-refractivity contribution in [2.24, 2.45) is 0 Å². The lowest BCUT2D eigenvalue weighted by Crippen LogP contribution is -2.43. The van der Waals surface area contributed by atoms with Gasteiger partial charge in [0.25, 0.3) is 5.91 Å². The molecule has 1 aliphatic heterocycles. The van der Waals surface area contributed by atoms with Crippen LogP contribution in [0.1, 0.15) is 29.6 Å². The summed E-state index contributed by atoms with van der Waals surface area (Å²) < 4.78 is 0. The summed E-state index contributed by atoms with van der Waals surface area (Å²) in [6.07, 6.45) is 5.53. The standard InChI is InChI=1S/C15H19N3O/c19-15(18-10-13-3-1-2-7-16-13)12-5-4-11-6-8-17-14(11)9-12/h4-6,8-9,13,16-17H,1-3,7,10H2,(H,18,19). The smallest absolute Gasteiger partial charge is 0.251 e. The highest BCUT2D eigenvalue weighted by Crippen LogP contribution is 2.14. The second kappa shape index (κ2) is 5.45. The number of fused-ring (bicyclic) bond motifs is 1. The van der Waals surface area contributed by atoms with E-state index in [0.717, 1.165) is 23.9 Å². The van der Waals surface area contributed by atoms with E-state index in [4.69, 9.17) is 0 Å². The SMILES string of the molecule is O=C(NCC1CCCCN1)c1ccc2cc[nH]c2c1. The molecule has 2 heterocycles. The number of hydrogen-bond acceptors (Lipinski definition) is 2. The van der Waals surface area contributed by atoms with E-state index in [1.54, 1.807) is 0 Å². The number of carbonyl (C=O) groups excluding carboxylic acids is 1. The van der Waals surface area contributed by atoms with Crippen LogP contribution in [-0.2, 0) is 0 Å². The van der Waals surface area contributed by atoms with Gasteiger partial charge in [-0.05, 0) is 43.0 Å². The van der Waals surface area contributed by atoms with Crippen LogP contribution in [0.2, 0.25) is 0 Å². The Morgan fingerprint density at radius 3 is 3.11 bits per heavy atom. The van der Waals surface area contributed by atoms with Crippen molar-refractivity contribution in [1.82, 2.24) is 15.6 Å². The number of rotatable bonds is 3. The van der Waals surface area contributed by atoms with Crippen molar-refractivity contribution < 1.29 is 4.79 Å². The van der Waals surface area contributed by atoms with Gasteiger partial charge in [-0.3, -0.25) is 4.79 Å². The minimum atomic E-state index is 0.00359. The Hall–Kier alpha value is -1.81. The molecule has 100 valence electrons. The van der Waals surface area contributed by atoms with Crippen molar-refractivity contribution in [2.45, 2.75) is 25.3 Å². The van der Waals surface area contributed by atoms with E-state index < -0.39 is 0 Å². The van der Waals surface area contributed by atoms with E-state index in [1.165, 1.54) is 12.8 Å². The second-order valence-corrected chi connectivity index (χ2v) is 5.14. The van der Waals surface area contributed by atoms with Crippen LogP contribution >= 0.6 is 0 Å². The molecule has 1 saturated heterocycles. The zero-order chi connectivity index (χ0) is 13.1. The number of amides is 1. The third kappa shape index (κ3) is 2.79. The first kappa shape index (κ1) is 12.2. The Bertz CT molecular complexity index is 570. The van der Waals surface area contributed by atoms with Gasteiger partial charge in [-0.25, -0.2) is 0 Å². The van der Waals surface area contributed by atoms with Crippen molar-refractivity contribution in [2.75, 3.05) is 13.1 Å². The molecule has 4 heteroatoms. The van der Waals surface area contributed by atoms with Crippen molar-refractivity contribution >= 4 is 16.8 Å². The molecule has 1 fully saturated rings. The molecule has 19 heavy (non-hydrogen) atoms. The number of carbonyl (C=O) groups is 1. The molecule has 0 saturated carbocycles. The summed E-state index contributed by atoms with van der Waals surface area (Å²) in [6, 6.07) is 8.17. The van der Waals surface area contributed by atoms with Crippen LogP contribution in [0.4, 0.5) is 0 Å². The third-order valence-electron chi connectivity index (χ3n) is 3.74. The van der Waals surface area contributed by atoms with Gasteiger partial charge in [0.15, 0.2) is 0 Å². The number of hydrogen-bond donors (Lipinski definition) is 3. The van der Waals surface area contributed by atoms with Crippen molar-refractivity contribution in [1.29, 1.82) is 0 Å². The maximum atomic E-state index is 12.1. The Morgan fingerprint density at radius 1 is 1.32 bits per heavy atom. The quantitative estimate of drug-likeness (QED) is 0.788. The van der Waals surface area contributed by atoms with Crippen LogP contribution in [0.5, 0.6) is 0 Å². The first-order valence-corrected chi connectivity index (χ1v) is 6.92. The number of aromatic amines is 1. The molecule has 0 aliphatic carbocycles. The molecule has 2 aromatic rings. The highest BCUT2D eigenvalue weighted by Gasteiger charge is 2.14. The third-order valence-corrected chi connectivity index (χ3v) is 3.74. The molecular weight excluding hydrogens is 238 g/mol. The van der Waals surface area contributed by atoms with Gasteiger partial charge in [0.05, 0.1) is 0 Å². The molecule has 3 N–H and O–H groups in total. The lowest BCUT2D eigenvalue weighted by atomic mass is 10.0. The second-order valence-electron chi connectivity index (χ2n) is 5.14. The average Bonchev–Trinajstić information content (AvgIpc) is 2.93. The predicted molar refractivity (Wildman–Crippen MR) is 76.3 cm³/mol. The van der Waals surface area contributed by atoms with Crippen LogP contribution in [-0.4, -0.2) is 30.0 Å². The number of aromatic nitrogens is 1. The van der Waals surface area contributed by atoms with Crippen molar-refractivity contribution in [3.8, 4) is 0 Å². The Labute approximate surface area is 112 Å². The van der Waals surface area contributed by atoms with Gasteiger partial charge >= 0.3 is 0 Å². The van der Waals surface area contributed by atoms with Crippen molar-refractivity contribution in [3.63, 3.8) is 0 Å². The Morgan fingerprint density at radius 2 is 2.26 bits per heavy atom. The lowest BCUT2D eigenvalue weighted by Gasteiger charge is -2.23. The van der Waals surface area contributed by atoms with Crippen LogP contribution in [0.3, 0.4) is 0 Å². The summed E-state index contributed by atoms with van der Waals surface area (Å²) in [7, 11) is 0. The van der Waals surface area contributed by atoms with E-state index in [2.05, 4.69) is 15.6 Å². The number of nitrogens with one attached hydrogen (secondary N) is 3. The van der Waals surface area contributed by atoms with Gasteiger partial charge in [0.2, 0.25) is 0 Å². The predicted octanol–water partition coefficient (Wildman–Crippen LogP) is 2.04. The molecule has 0 bridgehead atoms. The Kier molecular flexibility index (Phi) is 3.51.